The molecule has 2 N–H and O–H groups in total. The van der Waals surface area contributed by atoms with Crippen molar-refractivity contribution < 1.29 is 27.5 Å². The maximum absolute atomic E-state index is 13.7. The van der Waals surface area contributed by atoms with Gasteiger partial charge in [-0.1, -0.05) is 61.2 Å². The summed E-state index contributed by atoms with van der Waals surface area (Å²) in [5.74, 6) is -0.968. The molecule has 42 heavy (non-hydrogen) atoms. The number of piperazine rings is 1. The number of anilines is 1. The highest BCUT2D eigenvalue weighted by Gasteiger charge is 2.34. The van der Waals surface area contributed by atoms with Gasteiger partial charge in [-0.2, -0.15) is 4.31 Å². The quantitative estimate of drug-likeness (QED) is 0.346. The molecule has 3 aromatic carbocycles. The Kier molecular flexibility index (Phi) is 9.81. The minimum Gasteiger partial charge on any atom is -0.445 e. The number of amides is 3. The number of carbonyl (C=O) groups excluding carboxylic acids is 3. The number of fused-ring (bicyclic) bond motifs is 1. The minimum absolute atomic E-state index is 0.00728. The topological polar surface area (TPSA) is 128 Å². The maximum Gasteiger partial charge on any atom is 0.408 e. The molecular formula is C30H35N5O6S. The van der Waals surface area contributed by atoms with Gasteiger partial charge in [0.05, 0.1) is 4.90 Å². The first kappa shape index (κ1) is 30.5. The Morgan fingerprint density at radius 1 is 0.952 bits per heavy atom. The third-order valence-electron chi connectivity index (χ3n) is 6.98. The molecule has 0 spiro atoms. The normalized spacial score (nSPS) is 14.6. The third-order valence-corrected chi connectivity index (χ3v) is 8.93. The largest absolute Gasteiger partial charge is 0.445 e. The third kappa shape index (κ3) is 7.07. The fourth-order valence-corrected chi connectivity index (χ4v) is 6.40. The lowest BCUT2D eigenvalue weighted by molar-refractivity contribution is -0.134. The first-order valence-electron chi connectivity index (χ1n) is 13.5. The molecule has 1 aliphatic heterocycles. The van der Waals surface area contributed by atoms with Crippen LogP contribution in [-0.2, 0) is 31.0 Å². The van der Waals surface area contributed by atoms with Gasteiger partial charge in [0.1, 0.15) is 12.6 Å². The fourth-order valence-electron chi connectivity index (χ4n) is 4.77. The number of rotatable bonds is 10. The first-order chi connectivity index (χ1) is 20.1. The van der Waals surface area contributed by atoms with E-state index >= 15 is 0 Å². The molecule has 12 heteroatoms. The van der Waals surface area contributed by atoms with Gasteiger partial charge in [0.25, 0.3) is 0 Å². The van der Waals surface area contributed by atoms with Crippen LogP contribution in [0.3, 0.4) is 0 Å². The van der Waals surface area contributed by atoms with E-state index in [2.05, 4.69) is 17.2 Å². The van der Waals surface area contributed by atoms with E-state index in [1.165, 1.54) is 9.21 Å². The molecule has 4 rings (SSSR count). The Morgan fingerprint density at radius 2 is 1.62 bits per heavy atom. The zero-order chi connectivity index (χ0) is 30.3. The molecule has 0 radical (unpaired) electrons. The van der Waals surface area contributed by atoms with E-state index in [4.69, 9.17) is 4.74 Å². The summed E-state index contributed by atoms with van der Waals surface area (Å²) in [6, 6.07) is 18.7. The molecular weight excluding hydrogens is 558 g/mol. The summed E-state index contributed by atoms with van der Waals surface area (Å²) in [4.78, 5) is 41.3. The summed E-state index contributed by atoms with van der Waals surface area (Å²) >= 11 is 0. The number of hydrogen-bond acceptors (Lipinski definition) is 7. The SMILES string of the molecule is C=CC(=O)NC[C@H](NC(=O)OCc1ccccc1)C(=O)N1CCN(S(=O)(=O)c2cccc3c(N(C)C)cccc23)CC1. The Labute approximate surface area is 245 Å². The zero-order valence-corrected chi connectivity index (χ0v) is 24.5. The summed E-state index contributed by atoms with van der Waals surface area (Å²) in [6.07, 6.45) is 0.243. The predicted octanol–water partition coefficient (Wildman–Crippen LogP) is 2.34. The molecule has 0 unspecified atom stereocenters. The van der Waals surface area contributed by atoms with Gasteiger partial charge in [-0.3, -0.25) is 9.59 Å². The van der Waals surface area contributed by atoms with Crippen molar-refractivity contribution in [1.29, 1.82) is 0 Å². The number of nitrogens with zero attached hydrogens (tertiary/aromatic N) is 3. The van der Waals surface area contributed by atoms with Gasteiger partial charge in [-0.05, 0) is 23.8 Å². The second kappa shape index (κ2) is 13.5. The van der Waals surface area contributed by atoms with Crippen LogP contribution in [0.15, 0.2) is 84.3 Å². The van der Waals surface area contributed by atoms with Gasteiger partial charge in [0.15, 0.2) is 0 Å². The molecule has 1 saturated heterocycles. The lowest BCUT2D eigenvalue weighted by Crippen LogP contribution is -2.58. The number of hydrogen-bond donors (Lipinski definition) is 2. The monoisotopic (exact) mass is 593 g/mol. The van der Waals surface area contributed by atoms with Crippen LogP contribution < -0.4 is 15.5 Å². The van der Waals surface area contributed by atoms with Crippen molar-refractivity contribution in [2.24, 2.45) is 0 Å². The van der Waals surface area contributed by atoms with Crippen LogP contribution in [-0.4, -0.2) is 88.4 Å². The van der Waals surface area contributed by atoms with Crippen LogP contribution in [0.4, 0.5) is 10.5 Å². The number of carbonyl (C=O) groups is 3. The molecule has 3 aromatic rings. The number of ether oxygens (including phenoxy) is 1. The average molecular weight is 594 g/mol. The Morgan fingerprint density at radius 3 is 2.29 bits per heavy atom. The highest BCUT2D eigenvalue weighted by atomic mass is 32.2. The number of nitrogens with one attached hydrogen (secondary N) is 2. The Balaban J connectivity index is 1.44. The van der Waals surface area contributed by atoms with Crippen LogP contribution in [0.25, 0.3) is 10.8 Å². The lowest BCUT2D eigenvalue weighted by atomic mass is 10.1. The van der Waals surface area contributed by atoms with Crippen molar-refractivity contribution in [3.05, 3.63) is 84.9 Å². The Hall–Kier alpha value is -4.42. The van der Waals surface area contributed by atoms with E-state index in [9.17, 15) is 22.8 Å². The standard InChI is InChI=1S/C30H35N5O6S/c1-4-28(36)31-20-25(32-30(38)41-21-22-10-6-5-7-11-22)29(37)34-16-18-35(19-17-34)42(39,40)27-15-9-12-23-24(27)13-8-14-26(23)33(2)3/h4-15,25H,1,16-21H2,2-3H3,(H,31,36)(H,32,38)/t25-/m0/s1. The molecule has 0 saturated carbocycles. The van der Waals surface area contributed by atoms with Crippen LogP contribution >= 0.6 is 0 Å². The molecule has 3 amide bonds. The molecule has 1 aliphatic rings. The number of sulfonamides is 1. The van der Waals surface area contributed by atoms with Gasteiger partial charge >= 0.3 is 6.09 Å². The molecule has 1 heterocycles. The first-order valence-corrected chi connectivity index (χ1v) is 14.9. The molecule has 222 valence electrons. The van der Waals surface area contributed by atoms with Gasteiger partial charge in [-0.15, -0.1) is 0 Å². The van der Waals surface area contributed by atoms with Gasteiger partial charge < -0.3 is 25.2 Å². The van der Waals surface area contributed by atoms with Crippen molar-refractivity contribution in [2.45, 2.75) is 17.5 Å². The van der Waals surface area contributed by atoms with E-state index in [-0.39, 0.29) is 44.2 Å². The van der Waals surface area contributed by atoms with Gasteiger partial charge in [-0.25, -0.2) is 13.2 Å². The maximum atomic E-state index is 13.7. The van der Waals surface area contributed by atoms with Crippen molar-refractivity contribution >= 4 is 44.4 Å². The van der Waals surface area contributed by atoms with Gasteiger partial charge in [0, 0.05) is 63.3 Å². The van der Waals surface area contributed by atoms with Crippen LogP contribution in [0.2, 0.25) is 0 Å². The molecule has 1 fully saturated rings. The summed E-state index contributed by atoms with van der Waals surface area (Å²) < 4.78 is 34.1. The average Bonchev–Trinajstić information content (AvgIpc) is 3.01. The summed E-state index contributed by atoms with van der Waals surface area (Å²) in [5, 5.41) is 6.51. The van der Waals surface area contributed by atoms with Crippen molar-refractivity contribution in [1.82, 2.24) is 19.8 Å². The van der Waals surface area contributed by atoms with Crippen molar-refractivity contribution in [3.8, 4) is 0 Å². The van der Waals surface area contributed by atoms with Crippen LogP contribution in [0, 0.1) is 0 Å². The summed E-state index contributed by atoms with van der Waals surface area (Å²) in [6.45, 7) is 3.58. The molecule has 0 aromatic heterocycles. The smallest absolute Gasteiger partial charge is 0.408 e. The number of alkyl carbamates (subject to hydrolysis) is 1. The van der Waals surface area contributed by atoms with E-state index in [0.29, 0.717) is 5.39 Å². The van der Waals surface area contributed by atoms with Crippen LogP contribution in [0.1, 0.15) is 5.56 Å². The Bertz CT molecular complexity index is 1550. The second-order valence-corrected chi connectivity index (χ2v) is 11.9. The highest BCUT2D eigenvalue weighted by molar-refractivity contribution is 7.89. The summed E-state index contributed by atoms with van der Waals surface area (Å²) in [5.41, 5.74) is 1.68. The zero-order valence-electron chi connectivity index (χ0n) is 23.7. The van der Waals surface area contributed by atoms with Crippen molar-refractivity contribution in [3.63, 3.8) is 0 Å². The van der Waals surface area contributed by atoms with Crippen LogP contribution in [0.5, 0.6) is 0 Å². The van der Waals surface area contributed by atoms with E-state index in [1.807, 2.05) is 55.4 Å². The molecule has 0 aliphatic carbocycles. The molecule has 0 bridgehead atoms. The molecule has 11 nitrogen and oxygen atoms in total. The van der Waals surface area contributed by atoms with E-state index in [0.717, 1.165) is 22.7 Å². The number of benzene rings is 3. The fraction of sp³-hybridized carbons (Fsp3) is 0.300. The highest BCUT2D eigenvalue weighted by Crippen LogP contribution is 2.32. The summed E-state index contributed by atoms with van der Waals surface area (Å²) in [7, 11) is -0.0532. The second-order valence-electron chi connectivity index (χ2n) is 9.96. The van der Waals surface area contributed by atoms with E-state index in [1.54, 1.807) is 30.3 Å². The predicted molar refractivity (Wildman–Crippen MR) is 160 cm³/mol. The minimum atomic E-state index is -3.86. The molecule has 1 atom stereocenters. The van der Waals surface area contributed by atoms with Gasteiger partial charge in [0.2, 0.25) is 21.8 Å². The van der Waals surface area contributed by atoms with Crippen molar-refractivity contribution in [2.75, 3.05) is 51.7 Å². The van der Waals surface area contributed by atoms with E-state index < -0.39 is 34.0 Å². The lowest BCUT2D eigenvalue weighted by Gasteiger charge is -2.36.